The quantitative estimate of drug-likeness (QED) is 0.780. The van der Waals surface area contributed by atoms with Crippen molar-refractivity contribution >= 4 is 22.6 Å². The van der Waals surface area contributed by atoms with Crippen LogP contribution in [0.2, 0.25) is 0 Å². The van der Waals surface area contributed by atoms with Gasteiger partial charge in [0.1, 0.15) is 18.1 Å². The van der Waals surface area contributed by atoms with E-state index in [0.29, 0.717) is 12.2 Å². The van der Waals surface area contributed by atoms with Crippen molar-refractivity contribution in [1.29, 1.82) is 0 Å². The van der Waals surface area contributed by atoms with Gasteiger partial charge in [0.05, 0.1) is 12.7 Å². The van der Waals surface area contributed by atoms with Crippen LogP contribution in [0.25, 0.3) is 0 Å². The first-order valence-corrected chi connectivity index (χ1v) is 6.12. The molecule has 2 rings (SSSR count). The number of nitrogens with one attached hydrogen (secondary N) is 1. The summed E-state index contributed by atoms with van der Waals surface area (Å²) >= 11 is 1.29. The predicted molar refractivity (Wildman–Crippen MR) is 64.3 cm³/mol. The minimum Gasteiger partial charge on any atom is -0.480 e. The fourth-order valence-corrected chi connectivity index (χ4v) is 1.92. The summed E-state index contributed by atoms with van der Waals surface area (Å²) in [6, 6.07) is 0. The molecule has 0 aliphatic heterocycles. The molecule has 0 fully saturated rings. The third-order valence-corrected chi connectivity index (χ3v) is 2.80. The van der Waals surface area contributed by atoms with Gasteiger partial charge in [-0.1, -0.05) is 12.1 Å². The topological polar surface area (TPSA) is 106 Å². The summed E-state index contributed by atoms with van der Waals surface area (Å²) in [6.45, 7) is 2.24. The van der Waals surface area contributed by atoms with Gasteiger partial charge < -0.3 is 10.4 Å². The Morgan fingerprint density at radius 2 is 2.44 bits per heavy atom. The molecule has 2 aromatic heterocycles. The molecular formula is C9H12N6O2S. The molecule has 18 heavy (non-hydrogen) atoms. The van der Waals surface area contributed by atoms with Gasteiger partial charge >= 0.3 is 5.97 Å². The monoisotopic (exact) mass is 268 g/mol. The van der Waals surface area contributed by atoms with Crippen LogP contribution in [-0.2, 0) is 24.3 Å². The first kappa shape index (κ1) is 12.4. The van der Waals surface area contributed by atoms with Gasteiger partial charge in [0.2, 0.25) is 5.13 Å². The van der Waals surface area contributed by atoms with E-state index in [2.05, 4.69) is 25.0 Å². The van der Waals surface area contributed by atoms with E-state index in [-0.39, 0.29) is 6.54 Å². The lowest BCUT2D eigenvalue weighted by Crippen LogP contribution is -2.09. The zero-order chi connectivity index (χ0) is 13.0. The molecule has 0 saturated heterocycles. The van der Waals surface area contributed by atoms with Crippen LogP contribution in [0.5, 0.6) is 0 Å². The summed E-state index contributed by atoms with van der Waals surface area (Å²) in [7, 11) is 0. The van der Waals surface area contributed by atoms with E-state index in [0.717, 1.165) is 17.4 Å². The van der Waals surface area contributed by atoms with Crippen LogP contribution in [0.4, 0.5) is 5.13 Å². The van der Waals surface area contributed by atoms with Crippen LogP contribution in [0, 0.1) is 0 Å². The van der Waals surface area contributed by atoms with Crippen LogP contribution in [-0.4, -0.2) is 35.4 Å². The first-order chi connectivity index (χ1) is 8.67. The summed E-state index contributed by atoms with van der Waals surface area (Å²) < 4.78 is 5.42. The van der Waals surface area contributed by atoms with Gasteiger partial charge in [0, 0.05) is 18.0 Å². The first-order valence-electron chi connectivity index (χ1n) is 5.34. The van der Waals surface area contributed by atoms with E-state index in [9.17, 15) is 4.79 Å². The number of hydrogen-bond donors (Lipinski definition) is 2. The molecule has 0 spiro atoms. The third kappa shape index (κ3) is 3.23. The highest BCUT2D eigenvalue weighted by molar-refractivity contribution is 7.09. The van der Waals surface area contributed by atoms with Gasteiger partial charge in [0.25, 0.3) is 0 Å². The molecule has 9 heteroatoms. The Morgan fingerprint density at radius 3 is 3.11 bits per heavy atom. The van der Waals surface area contributed by atoms with Crippen molar-refractivity contribution < 1.29 is 9.90 Å². The Balaban J connectivity index is 1.89. The Bertz CT molecular complexity index is 537. The maximum atomic E-state index is 10.5. The Hall–Kier alpha value is -2.03. The van der Waals surface area contributed by atoms with Crippen LogP contribution >= 0.6 is 11.5 Å². The minimum absolute atomic E-state index is 0.189. The maximum Gasteiger partial charge on any atom is 0.325 e. The second-order valence-corrected chi connectivity index (χ2v) is 4.28. The highest BCUT2D eigenvalue weighted by Gasteiger charge is 2.06. The lowest BCUT2D eigenvalue weighted by molar-refractivity contribution is -0.137. The minimum atomic E-state index is -0.948. The van der Waals surface area contributed by atoms with Gasteiger partial charge in [-0.3, -0.25) is 4.79 Å². The number of carboxylic acid groups (broad SMARTS) is 1. The lowest BCUT2D eigenvalue weighted by atomic mass is 10.4. The molecule has 2 N–H and O–H groups in total. The fraction of sp³-hybridized carbons (Fsp3) is 0.444. The third-order valence-electron chi connectivity index (χ3n) is 2.09. The number of aromatic nitrogens is 5. The van der Waals surface area contributed by atoms with Crippen molar-refractivity contribution in [2.24, 2.45) is 0 Å². The molecule has 0 unspecified atom stereocenters. The molecule has 0 amide bonds. The summed E-state index contributed by atoms with van der Waals surface area (Å²) in [5, 5.41) is 19.9. The zero-order valence-electron chi connectivity index (χ0n) is 9.70. The smallest absolute Gasteiger partial charge is 0.325 e. The van der Waals surface area contributed by atoms with Crippen molar-refractivity contribution in [3.8, 4) is 0 Å². The fourth-order valence-electron chi connectivity index (χ4n) is 1.27. The standard InChI is InChI=1S/C9H12N6O2S/c1-2-7-11-9(18-13-7)10-3-6-4-15(14-12-6)5-8(16)17/h4H,2-3,5H2,1H3,(H,16,17)(H,10,11,13). The van der Waals surface area contributed by atoms with E-state index in [1.165, 1.54) is 16.2 Å². The van der Waals surface area contributed by atoms with Gasteiger partial charge in [-0.25, -0.2) is 9.67 Å². The number of carboxylic acids is 1. The molecule has 0 bridgehead atoms. The van der Waals surface area contributed by atoms with E-state index in [4.69, 9.17) is 5.11 Å². The van der Waals surface area contributed by atoms with Gasteiger partial charge in [-0.05, 0) is 0 Å². The maximum absolute atomic E-state index is 10.5. The molecule has 2 aromatic rings. The van der Waals surface area contributed by atoms with Gasteiger partial charge in [-0.15, -0.1) is 5.10 Å². The second kappa shape index (κ2) is 5.54. The van der Waals surface area contributed by atoms with Crippen molar-refractivity contribution in [2.75, 3.05) is 5.32 Å². The molecule has 2 heterocycles. The molecule has 0 saturated carbocycles. The number of aliphatic carboxylic acids is 1. The number of rotatable bonds is 6. The van der Waals surface area contributed by atoms with E-state index in [1.54, 1.807) is 6.20 Å². The molecule has 8 nitrogen and oxygen atoms in total. The lowest BCUT2D eigenvalue weighted by Gasteiger charge is -1.96. The van der Waals surface area contributed by atoms with Crippen LogP contribution in [0.15, 0.2) is 6.20 Å². The number of nitrogens with zero attached hydrogens (tertiary/aromatic N) is 5. The van der Waals surface area contributed by atoms with Crippen molar-refractivity contribution in [2.45, 2.75) is 26.4 Å². The second-order valence-electron chi connectivity index (χ2n) is 3.52. The van der Waals surface area contributed by atoms with E-state index < -0.39 is 5.97 Å². The van der Waals surface area contributed by atoms with Gasteiger partial charge in [0.15, 0.2) is 0 Å². The average molecular weight is 268 g/mol. The summed E-state index contributed by atoms with van der Waals surface area (Å²) in [4.78, 5) is 14.7. The molecule has 0 radical (unpaired) electrons. The highest BCUT2D eigenvalue weighted by Crippen LogP contribution is 2.12. The highest BCUT2D eigenvalue weighted by atomic mass is 32.1. The molecule has 0 aromatic carbocycles. The van der Waals surface area contributed by atoms with Crippen molar-refractivity contribution in [3.05, 3.63) is 17.7 Å². The number of aryl methyl sites for hydroxylation is 1. The largest absolute Gasteiger partial charge is 0.480 e. The molecule has 0 aliphatic rings. The van der Waals surface area contributed by atoms with Crippen molar-refractivity contribution in [3.63, 3.8) is 0 Å². The van der Waals surface area contributed by atoms with Crippen LogP contribution < -0.4 is 5.32 Å². The Kier molecular flexibility index (Phi) is 3.82. The molecule has 0 atom stereocenters. The normalized spacial score (nSPS) is 10.5. The number of anilines is 1. The van der Waals surface area contributed by atoms with Gasteiger partial charge in [-0.2, -0.15) is 4.37 Å². The number of carbonyl (C=O) groups is 1. The summed E-state index contributed by atoms with van der Waals surface area (Å²) in [5.74, 6) is -0.145. The summed E-state index contributed by atoms with van der Waals surface area (Å²) in [5.41, 5.74) is 0.657. The molecule has 96 valence electrons. The number of hydrogen-bond acceptors (Lipinski definition) is 7. The molecular weight excluding hydrogens is 256 g/mol. The Morgan fingerprint density at radius 1 is 1.61 bits per heavy atom. The summed E-state index contributed by atoms with van der Waals surface area (Å²) in [6.07, 6.45) is 2.38. The Labute approximate surface area is 107 Å². The zero-order valence-corrected chi connectivity index (χ0v) is 10.5. The van der Waals surface area contributed by atoms with E-state index >= 15 is 0 Å². The average Bonchev–Trinajstić information content (AvgIpc) is 2.94. The molecule has 0 aliphatic carbocycles. The van der Waals surface area contributed by atoms with Crippen molar-refractivity contribution in [1.82, 2.24) is 24.4 Å². The van der Waals surface area contributed by atoms with E-state index in [1.807, 2.05) is 6.92 Å². The SMILES string of the molecule is CCc1nsc(NCc2cn(CC(=O)O)nn2)n1. The predicted octanol–water partition coefficient (Wildman–Crippen LogP) is 0.389. The van der Waals surface area contributed by atoms with Crippen LogP contribution in [0.3, 0.4) is 0 Å². The van der Waals surface area contributed by atoms with Crippen LogP contribution in [0.1, 0.15) is 18.4 Å².